The van der Waals surface area contributed by atoms with Gasteiger partial charge in [-0.2, -0.15) is 0 Å². The Morgan fingerprint density at radius 3 is 2.46 bits per heavy atom. The Hall–Kier alpha value is -0.620. The number of carboxylic acids is 1. The van der Waals surface area contributed by atoms with E-state index in [9.17, 15) is 13.2 Å². The Bertz CT molecular complexity index is 294. The number of aliphatic hydroxyl groups is 1. The summed E-state index contributed by atoms with van der Waals surface area (Å²) in [5, 5.41) is 17.4. The predicted octanol–water partition coefficient (Wildman–Crippen LogP) is -0.886. The molecule has 0 aromatic rings. The highest BCUT2D eigenvalue weighted by atomic mass is 32.2. The standard InChI is InChI=1S/C7H12O5S/c8-3-6(7(9)10)5-1-2-13(11,12)4-5/h5-6,8H,1-4H2,(H,9,10). The van der Waals surface area contributed by atoms with Crippen LogP contribution in [0, 0.1) is 11.8 Å². The third-order valence-electron chi connectivity index (χ3n) is 2.35. The van der Waals surface area contributed by atoms with E-state index in [1.54, 1.807) is 0 Å². The Morgan fingerprint density at radius 2 is 2.15 bits per heavy atom. The fraction of sp³-hybridized carbons (Fsp3) is 0.857. The first-order valence-corrected chi connectivity index (χ1v) is 5.82. The summed E-state index contributed by atoms with van der Waals surface area (Å²) in [7, 11) is -3.06. The number of rotatable bonds is 3. The molecule has 1 rings (SSSR count). The van der Waals surface area contributed by atoms with Gasteiger partial charge in [0.05, 0.1) is 24.0 Å². The van der Waals surface area contributed by atoms with E-state index in [2.05, 4.69) is 0 Å². The van der Waals surface area contributed by atoms with Crippen LogP contribution in [0.3, 0.4) is 0 Å². The molecule has 2 unspecified atom stereocenters. The van der Waals surface area contributed by atoms with Gasteiger partial charge in [0, 0.05) is 0 Å². The third kappa shape index (κ3) is 2.41. The van der Waals surface area contributed by atoms with Crippen molar-refractivity contribution in [2.24, 2.45) is 11.8 Å². The smallest absolute Gasteiger partial charge is 0.309 e. The van der Waals surface area contributed by atoms with Crippen LogP contribution in [0.2, 0.25) is 0 Å². The van der Waals surface area contributed by atoms with Crippen LogP contribution < -0.4 is 0 Å². The molecule has 0 bridgehead atoms. The molecule has 0 spiro atoms. The maximum atomic E-state index is 11.0. The first-order valence-electron chi connectivity index (χ1n) is 4.00. The van der Waals surface area contributed by atoms with E-state index in [4.69, 9.17) is 10.2 Å². The average Bonchev–Trinajstić information content (AvgIpc) is 2.31. The van der Waals surface area contributed by atoms with Crippen molar-refractivity contribution in [1.29, 1.82) is 0 Å². The molecule has 1 aliphatic heterocycles. The van der Waals surface area contributed by atoms with Crippen LogP contribution in [0.25, 0.3) is 0 Å². The molecule has 2 atom stereocenters. The molecule has 6 heteroatoms. The molecule has 0 saturated carbocycles. The molecule has 0 aromatic heterocycles. The molecule has 1 aliphatic rings. The van der Waals surface area contributed by atoms with E-state index in [1.807, 2.05) is 0 Å². The summed E-state index contributed by atoms with van der Waals surface area (Å²) in [4.78, 5) is 10.6. The van der Waals surface area contributed by atoms with Gasteiger partial charge in [0.15, 0.2) is 9.84 Å². The van der Waals surface area contributed by atoms with Gasteiger partial charge in [-0.05, 0) is 12.3 Å². The highest BCUT2D eigenvalue weighted by molar-refractivity contribution is 7.91. The molecule has 0 aliphatic carbocycles. The van der Waals surface area contributed by atoms with Gasteiger partial charge in [-0.3, -0.25) is 4.79 Å². The normalized spacial score (nSPS) is 28.5. The van der Waals surface area contributed by atoms with E-state index in [-0.39, 0.29) is 11.5 Å². The van der Waals surface area contributed by atoms with E-state index < -0.39 is 34.2 Å². The van der Waals surface area contributed by atoms with Crippen molar-refractivity contribution in [1.82, 2.24) is 0 Å². The van der Waals surface area contributed by atoms with Gasteiger partial charge in [-0.15, -0.1) is 0 Å². The van der Waals surface area contributed by atoms with Gasteiger partial charge < -0.3 is 10.2 Å². The number of hydrogen-bond acceptors (Lipinski definition) is 4. The number of hydrogen-bond donors (Lipinski definition) is 2. The van der Waals surface area contributed by atoms with Crippen molar-refractivity contribution in [3.8, 4) is 0 Å². The molecule has 0 radical (unpaired) electrons. The Morgan fingerprint density at radius 1 is 1.54 bits per heavy atom. The van der Waals surface area contributed by atoms with E-state index in [0.717, 1.165) is 0 Å². The summed E-state index contributed by atoms with van der Waals surface area (Å²) < 4.78 is 22.0. The zero-order valence-electron chi connectivity index (χ0n) is 7.01. The summed E-state index contributed by atoms with van der Waals surface area (Å²) in [5.74, 6) is -2.54. The van der Waals surface area contributed by atoms with Crippen molar-refractivity contribution in [2.75, 3.05) is 18.1 Å². The van der Waals surface area contributed by atoms with E-state index in [0.29, 0.717) is 6.42 Å². The van der Waals surface area contributed by atoms with Crippen LogP contribution in [0.15, 0.2) is 0 Å². The van der Waals surface area contributed by atoms with Gasteiger partial charge in [0.2, 0.25) is 0 Å². The highest BCUT2D eigenvalue weighted by Crippen LogP contribution is 2.25. The molecule has 0 aromatic carbocycles. The monoisotopic (exact) mass is 208 g/mol. The second kappa shape index (κ2) is 3.63. The summed E-state index contributed by atoms with van der Waals surface area (Å²) in [6.07, 6.45) is 0.347. The maximum Gasteiger partial charge on any atom is 0.309 e. The van der Waals surface area contributed by atoms with Crippen molar-refractivity contribution in [2.45, 2.75) is 6.42 Å². The molecule has 2 N–H and O–H groups in total. The lowest BCUT2D eigenvalue weighted by Crippen LogP contribution is -2.27. The molecule has 0 amide bonds. The minimum absolute atomic E-state index is 0.0431. The lowest BCUT2D eigenvalue weighted by Gasteiger charge is -2.14. The minimum Gasteiger partial charge on any atom is -0.481 e. The molecular weight excluding hydrogens is 196 g/mol. The van der Waals surface area contributed by atoms with Crippen molar-refractivity contribution in [3.63, 3.8) is 0 Å². The average molecular weight is 208 g/mol. The third-order valence-corrected chi connectivity index (χ3v) is 4.14. The largest absolute Gasteiger partial charge is 0.481 e. The quantitative estimate of drug-likeness (QED) is 0.628. The maximum absolute atomic E-state index is 11.0. The van der Waals surface area contributed by atoms with Crippen LogP contribution in [-0.2, 0) is 14.6 Å². The van der Waals surface area contributed by atoms with Crippen LogP contribution in [0.4, 0.5) is 0 Å². The second-order valence-electron chi connectivity index (χ2n) is 3.29. The molecule has 1 saturated heterocycles. The summed E-state index contributed by atoms with van der Waals surface area (Å²) in [5.41, 5.74) is 0. The summed E-state index contributed by atoms with van der Waals surface area (Å²) in [6, 6.07) is 0. The molecule has 1 heterocycles. The van der Waals surface area contributed by atoms with Gasteiger partial charge in [0.1, 0.15) is 0 Å². The van der Waals surface area contributed by atoms with Gasteiger partial charge in [0.25, 0.3) is 0 Å². The number of sulfone groups is 1. The van der Waals surface area contributed by atoms with Crippen molar-refractivity contribution < 1.29 is 23.4 Å². The second-order valence-corrected chi connectivity index (χ2v) is 5.52. The van der Waals surface area contributed by atoms with Crippen LogP contribution in [0.1, 0.15) is 6.42 Å². The zero-order valence-corrected chi connectivity index (χ0v) is 7.83. The Kier molecular flexibility index (Phi) is 2.92. The van der Waals surface area contributed by atoms with Crippen LogP contribution >= 0.6 is 0 Å². The minimum atomic E-state index is -3.06. The lowest BCUT2D eigenvalue weighted by atomic mass is 9.93. The molecule has 1 fully saturated rings. The highest BCUT2D eigenvalue weighted by Gasteiger charge is 2.36. The fourth-order valence-electron chi connectivity index (χ4n) is 1.57. The predicted molar refractivity (Wildman–Crippen MR) is 45.0 cm³/mol. The molecule has 76 valence electrons. The number of aliphatic hydroxyl groups excluding tert-OH is 1. The van der Waals surface area contributed by atoms with Gasteiger partial charge in [-0.25, -0.2) is 8.42 Å². The summed E-state index contributed by atoms with van der Waals surface area (Å²) in [6.45, 7) is -0.491. The van der Waals surface area contributed by atoms with E-state index >= 15 is 0 Å². The van der Waals surface area contributed by atoms with Crippen molar-refractivity contribution in [3.05, 3.63) is 0 Å². The van der Waals surface area contributed by atoms with Crippen molar-refractivity contribution >= 4 is 15.8 Å². The first-order chi connectivity index (χ1) is 5.96. The summed E-state index contributed by atoms with van der Waals surface area (Å²) >= 11 is 0. The number of carbonyl (C=O) groups is 1. The van der Waals surface area contributed by atoms with Gasteiger partial charge in [-0.1, -0.05) is 0 Å². The SMILES string of the molecule is O=C(O)C(CO)C1CCS(=O)(=O)C1. The van der Waals surface area contributed by atoms with Crippen LogP contribution in [0.5, 0.6) is 0 Å². The fourth-order valence-corrected chi connectivity index (χ4v) is 3.45. The number of carboxylic acid groups (broad SMARTS) is 1. The van der Waals surface area contributed by atoms with Gasteiger partial charge >= 0.3 is 5.97 Å². The molecule has 13 heavy (non-hydrogen) atoms. The number of aliphatic carboxylic acids is 1. The molecule has 5 nitrogen and oxygen atoms in total. The van der Waals surface area contributed by atoms with Crippen LogP contribution in [-0.4, -0.2) is 42.7 Å². The first kappa shape index (κ1) is 10.5. The van der Waals surface area contributed by atoms with E-state index in [1.165, 1.54) is 0 Å². The molecular formula is C7H12O5S. The lowest BCUT2D eigenvalue weighted by molar-refractivity contribution is -0.144. The Balaban J connectivity index is 2.69. The zero-order chi connectivity index (χ0) is 10.1. The Labute approximate surface area is 76.3 Å². The topological polar surface area (TPSA) is 91.7 Å².